The van der Waals surface area contributed by atoms with Crippen molar-refractivity contribution in [2.75, 3.05) is 0 Å². The lowest BCUT2D eigenvalue weighted by molar-refractivity contribution is -0.139. The number of urea groups is 1. The average Bonchev–Trinajstić information content (AvgIpc) is 2.81. The number of rotatable bonds is 3. The predicted molar refractivity (Wildman–Crippen MR) is 76.7 cm³/mol. The molecular weight excluding hydrogens is 272 g/mol. The molecule has 0 aromatic carbocycles. The number of carbonyl (C=O) groups is 2. The van der Waals surface area contributed by atoms with E-state index in [4.69, 9.17) is 0 Å². The molecule has 1 aliphatic heterocycles. The number of hydrogen-bond donors (Lipinski definition) is 2. The second-order valence-electron chi connectivity index (χ2n) is 5.70. The van der Waals surface area contributed by atoms with Crippen LogP contribution in [0, 0.1) is 0 Å². The third-order valence-electron chi connectivity index (χ3n) is 4.00. The zero-order chi connectivity index (χ0) is 15.6. The standard InChI is InChI=1S/C14H22N4O3/c1-9-5-4-6-10(2)18(9)14(21)16-12(13(19)20)11-7-15-17(3)8-11/h7-10,12H,4-6H2,1-3H3,(H,16,21)(H,19,20)/t9-,10+,12?. The number of carbonyl (C=O) groups excluding carboxylic acids is 1. The van der Waals surface area contributed by atoms with Crippen molar-refractivity contribution in [3.63, 3.8) is 0 Å². The van der Waals surface area contributed by atoms with E-state index in [1.807, 2.05) is 13.8 Å². The predicted octanol–water partition coefficient (Wildman–Crippen LogP) is 1.52. The van der Waals surface area contributed by atoms with Crippen molar-refractivity contribution in [3.8, 4) is 0 Å². The molecule has 1 aromatic rings. The van der Waals surface area contributed by atoms with E-state index in [1.54, 1.807) is 18.1 Å². The summed E-state index contributed by atoms with van der Waals surface area (Å²) in [4.78, 5) is 25.6. The molecule has 0 saturated carbocycles. The second-order valence-corrected chi connectivity index (χ2v) is 5.70. The van der Waals surface area contributed by atoms with Crippen molar-refractivity contribution in [3.05, 3.63) is 18.0 Å². The monoisotopic (exact) mass is 294 g/mol. The Balaban J connectivity index is 2.13. The Morgan fingerprint density at radius 2 is 2.00 bits per heavy atom. The van der Waals surface area contributed by atoms with Gasteiger partial charge in [-0.05, 0) is 33.1 Å². The number of nitrogens with zero attached hydrogens (tertiary/aromatic N) is 3. The average molecular weight is 294 g/mol. The molecule has 1 fully saturated rings. The minimum Gasteiger partial charge on any atom is -0.479 e. The summed E-state index contributed by atoms with van der Waals surface area (Å²) in [5, 5.41) is 15.9. The van der Waals surface area contributed by atoms with Crippen molar-refractivity contribution < 1.29 is 14.7 Å². The van der Waals surface area contributed by atoms with Gasteiger partial charge in [0.05, 0.1) is 6.20 Å². The van der Waals surface area contributed by atoms with Crippen molar-refractivity contribution in [2.45, 2.75) is 51.2 Å². The van der Waals surface area contributed by atoms with E-state index in [1.165, 1.54) is 10.9 Å². The molecule has 2 rings (SSSR count). The largest absolute Gasteiger partial charge is 0.479 e. The third kappa shape index (κ3) is 3.34. The van der Waals surface area contributed by atoms with E-state index in [2.05, 4.69) is 10.4 Å². The molecule has 7 heteroatoms. The van der Waals surface area contributed by atoms with Gasteiger partial charge in [-0.25, -0.2) is 9.59 Å². The third-order valence-corrected chi connectivity index (χ3v) is 4.00. The molecule has 1 saturated heterocycles. The first-order chi connectivity index (χ1) is 9.90. The first-order valence-electron chi connectivity index (χ1n) is 7.20. The molecule has 21 heavy (non-hydrogen) atoms. The summed E-state index contributed by atoms with van der Waals surface area (Å²) >= 11 is 0. The lowest BCUT2D eigenvalue weighted by Gasteiger charge is -2.39. The lowest BCUT2D eigenvalue weighted by atomic mass is 9.98. The zero-order valence-electron chi connectivity index (χ0n) is 12.6. The fourth-order valence-electron chi connectivity index (χ4n) is 2.90. The summed E-state index contributed by atoms with van der Waals surface area (Å²) in [6, 6.07) is -1.16. The topological polar surface area (TPSA) is 87.5 Å². The number of carboxylic acid groups (broad SMARTS) is 1. The minimum atomic E-state index is -1.09. The number of piperidine rings is 1. The first kappa shape index (κ1) is 15.3. The fraction of sp³-hybridized carbons (Fsp3) is 0.643. The van der Waals surface area contributed by atoms with Crippen LogP contribution in [0.2, 0.25) is 0 Å². The van der Waals surface area contributed by atoms with Gasteiger partial charge < -0.3 is 15.3 Å². The van der Waals surface area contributed by atoms with Gasteiger partial charge in [0.2, 0.25) is 0 Å². The zero-order valence-corrected chi connectivity index (χ0v) is 12.6. The van der Waals surface area contributed by atoms with Crippen molar-refractivity contribution in [2.24, 2.45) is 7.05 Å². The van der Waals surface area contributed by atoms with Crippen LogP contribution in [0.4, 0.5) is 4.79 Å². The van der Waals surface area contributed by atoms with Gasteiger partial charge in [0.1, 0.15) is 0 Å². The number of likely N-dealkylation sites (tertiary alicyclic amines) is 1. The molecule has 0 bridgehead atoms. The van der Waals surface area contributed by atoms with Crippen molar-refractivity contribution in [1.82, 2.24) is 20.0 Å². The van der Waals surface area contributed by atoms with Crippen LogP contribution in [0.15, 0.2) is 12.4 Å². The molecule has 0 radical (unpaired) electrons. The van der Waals surface area contributed by atoms with Gasteiger partial charge in [-0.15, -0.1) is 0 Å². The molecule has 0 spiro atoms. The highest BCUT2D eigenvalue weighted by Crippen LogP contribution is 2.23. The van der Waals surface area contributed by atoms with Gasteiger partial charge >= 0.3 is 12.0 Å². The van der Waals surface area contributed by atoms with E-state index in [0.29, 0.717) is 5.56 Å². The van der Waals surface area contributed by atoms with Crippen LogP contribution in [-0.4, -0.2) is 43.9 Å². The van der Waals surface area contributed by atoms with Crippen LogP contribution in [0.3, 0.4) is 0 Å². The Morgan fingerprint density at radius 1 is 1.38 bits per heavy atom. The number of carboxylic acids is 1. The summed E-state index contributed by atoms with van der Waals surface area (Å²) in [5.74, 6) is -1.09. The van der Waals surface area contributed by atoms with Crippen LogP contribution >= 0.6 is 0 Å². The summed E-state index contributed by atoms with van der Waals surface area (Å²) in [7, 11) is 1.71. The normalized spacial score (nSPS) is 23.7. The maximum absolute atomic E-state index is 12.4. The number of aromatic nitrogens is 2. The molecule has 7 nitrogen and oxygen atoms in total. The summed E-state index contributed by atoms with van der Waals surface area (Å²) < 4.78 is 1.52. The Kier molecular flexibility index (Phi) is 4.50. The maximum Gasteiger partial charge on any atom is 0.331 e. The van der Waals surface area contributed by atoms with Gasteiger partial charge in [0.15, 0.2) is 6.04 Å². The molecular formula is C14H22N4O3. The molecule has 1 aromatic heterocycles. The number of aryl methyl sites for hydroxylation is 1. The lowest BCUT2D eigenvalue weighted by Crippen LogP contribution is -2.53. The molecule has 2 amide bonds. The van der Waals surface area contributed by atoms with E-state index < -0.39 is 12.0 Å². The van der Waals surface area contributed by atoms with E-state index in [9.17, 15) is 14.7 Å². The minimum absolute atomic E-state index is 0.122. The number of amides is 2. The summed E-state index contributed by atoms with van der Waals surface area (Å²) in [6.07, 6.45) is 6.05. The van der Waals surface area contributed by atoms with Crippen LogP contribution < -0.4 is 5.32 Å². The van der Waals surface area contributed by atoms with Gasteiger partial charge in [-0.2, -0.15) is 5.10 Å². The van der Waals surface area contributed by atoms with Gasteiger partial charge in [-0.3, -0.25) is 4.68 Å². The molecule has 0 aliphatic carbocycles. The summed E-state index contributed by atoms with van der Waals surface area (Å²) in [6.45, 7) is 3.99. The highest BCUT2D eigenvalue weighted by atomic mass is 16.4. The van der Waals surface area contributed by atoms with Crippen LogP contribution in [-0.2, 0) is 11.8 Å². The maximum atomic E-state index is 12.4. The van der Waals surface area contributed by atoms with E-state index >= 15 is 0 Å². The highest BCUT2D eigenvalue weighted by Gasteiger charge is 2.32. The van der Waals surface area contributed by atoms with E-state index in [-0.39, 0.29) is 18.1 Å². The number of aliphatic carboxylic acids is 1. The molecule has 2 heterocycles. The molecule has 116 valence electrons. The van der Waals surface area contributed by atoms with Crippen LogP contribution in [0.5, 0.6) is 0 Å². The first-order valence-corrected chi connectivity index (χ1v) is 7.20. The highest BCUT2D eigenvalue weighted by molar-refractivity contribution is 5.83. The smallest absolute Gasteiger partial charge is 0.331 e. The number of hydrogen-bond acceptors (Lipinski definition) is 3. The number of nitrogens with one attached hydrogen (secondary N) is 1. The Bertz CT molecular complexity index is 518. The van der Waals surface area contributed by atoms with Gasteiger partial charge in [-0.1, -0.05) is 0 Å². The van der Waals surface area contributed by atoms with E-state index in [0.717, 1.165) is 19.3 Å². The Labute approximate surface area is 123 Å². The van der Waals surface area contributed by atoms with Gasteiger partial charge in [0.25, 0.3) is 0 Å². The molecule has 2 N–H and O–H groups in total. The Morgan fingerprint density at radius 3 is 2.48 bits per heavy atom. The fourth-order valence-corrected chi connectivity index (χ4v) is 2.90. The van der Waals surface area contributed by atoms with Gasteiger partial charge in [0, 0.05) is 30.9 Å². The Hall–Kier alpha value is -2.05. The second kappa shape index (κ2) is 6.15. The quantitative estimate of drug-likeness (QED) is 0.884. The van der Waals surface area contributed by atoms with Crippen molar-refractivity contribution in [1.29, 1.82) is 0 Å². The SMILES string of the molecule is C[C@@H]1CCC[C@H](C)N1C(=O)NC(C(=O)O)c1cnn(C)c1. The molecule has 3 atom stereocenters. The van der Waals surface area contributed by atoms with Crippen molar-refractivity contribution >= 4 is 12.0 Å². The van der Waals surface area contributed by atoms with Crippen LogP contribution in [0.25, 0.3) is 0 Å². The molecule has 1 aliphatic rings. The van der Waals surface area contributed by atoms with Crippen LogP contribution in [0.1, 0.15) is 44.7 Å². The summed E-state index contributed by atoms with van der Waals surface area (Å²) in [5.41, 5.74) is 0.468. The molecule has 1 unspecified atom stereocenters.